The molecule has 2 aromatic rings. The predicted octanol–water partition coefficient (Wildman–Crippen LogP) is 4.98. The lowest BCUT2D eigenvalue weighted by Crippen LogP contribution is -2.46. The standard InChI is InChI=1S/C21H31N3O2S2/c1-7-21(5,6)23-17(25)14(4)28-20-22-18-16(12(2)13(3)27-18)19(26)24(20)15-10-8-9-11-15/h14-15H,7-11H2,1-6H3,(H,23,25). The first kappa shape index (κ1) is 21.4. The summed E-state index contributed by atoms with van der Waals surface area (Å²) in [5.41, 5.74) is 0.857. The second kappa shape index (κ2) is 8.19. The molecule has 0 aromatic carbocycles. The van der Waals surface area contributed by atoms with Crippen LogP contribution in [-0.4, -0.2) is 26.2 Å². The molecular weight excluding hydrogens is 390 g/mol. The normalized spacial score (nSPS) is 16.6. The number of thiophene rings is 1. The van der Waals surface area contributed by atoms with Crippen molar-refractivity contribution >= 4 is 39.2 Å². The fraction of sp³-hybridized carbons (Fsp3) is 0.667. The summed E-state index contributed by atoms with van der Waals surface area (Å²) in [4.78, 5) is 32.9. The average molecular weight is 422 g/mol. The predicted molar refractivity (Wildman–Crippen MR) is 119 cm³/mol. The van der Waals surface area contributed by atoms with E-state index < -0.39 is 0 Å². The van der Waals surface area contributed by atoms with Gasteiger partial charge in [0, 0.05) is 16.5 Å². The van der Waals surface area contributed by atoms with Crippen molar-refractivity contribution in [1.82, 2.24) is 14.9 Å². The summed E-state index contributed by atoms with van der Waals surface area (Å²) in [6.45, 7) is 12.1. The molecule has 2 heterocycles. The van der Waals surface area contributed by atoms with Crippen molar-refractivity contribution in [2.24, 2.45) is 0 Å². The number of rotatable bonds is 6. The molecule has 7 heteroatoms. The molecule has 0 aliphatic heterocycles. The van der Waals surface area contributed by atoms with E-state index in [1.54, 1.807) is 11.3 Å². The third-order valence-corrected chi connectivity index (χ3v) is 8.06. The molecule has 28 heavy (non-hydrogen) atoms. The van der Waals surface area contributed by atoms with Crippen molar-refractivity contribution in [3.63, 3.8) is 0 Å². The Morgan fingerprint density at radius 3 is 2.61 bits per heavy atom. The van der Waals surface area contributed by atoms with Crippen LogP contribution < -0.4 is 10.9 Å². The summed E-state index contributed by atoms with van der Waals surface area (Å²) in [6.07, 6.45) is 5.16. The highest BCUT2D eigenvalue weighted by Crippen LogP contribution is 2.35. The van der Waals surface area contributed by atoms with Gasteiger partial charge < -0.3 is 5.32 Å². The molecule has 3 rings (SSSR count). The molecule has 1 N–H and O–H groups in total. The summed E-state index contributed by atoms with van der Waals surface area (Å²) >= 11 is 2.98. The molecule has 1 aliphatic carbocycles. The van der Waals surface area contributed by atoms with Crippen molar-refractivity contribution in [3.05, 3.63) is 20.8 Å². The minimum absolute atomic E-state index is 0.0114. The van der Waals surface area contributed by atoms with Crippen molar-refractivity contribution in [1.29, 1.82) is 0 Å². The van der Waals surface area contributed by atoms with E-state index >= 15 is 0 Å². The Bertz CT molecular complexity index is 939. The largest absolute Gasteiger partial charge is 0.350 e. The highest BCUT2D eigenvalue weighted by atomic mass is 32.2. The van der Waals surface area contributed by atoms with Gasteiger partial charge >= 0.3 is 0 Å². The van der Waals surface area contributed by atoms with Crippen LogP contribution in [0.2, 0.25) is 0 Å². The van der Waals surface area contributed by atoms with Gasteiger partial charge in [0.25, 0.3) is 5.56 Å². The summed E-state index contributed by atoms with van der Waals surface area (Å²) in [7, 11) is 0. The number of aromatic nitrogens is 2. The van der Waals surface area contributed by atoms with Gasteiger partial charge in [0.1, 0.15) is 4.83 Å². The number of amides is 1. The van der Waals surface area contributed by atoms with Gasteiger partial charge in [0.2, 0.25) is 5.91 Å². The van der Waals surface area contributed by atoms with Gasteiger partial charge in [-0.2, -0.15) is 0 Å². The maximum atomic E-state index is 13.4. The van der Waals surface area contributed by atoms with Crippen molar-refractivity contribution in [2.75, 3.05) is 0 Å². The zero-order chi connectivity index (χ0) is 20.6. The summed E-state index contributed by atoms with van der Waals surface area (Å²) in [6, 6.07) is 0.189. The first-order valence-corrected chi connectivity index (χ1v) is 11.8. The molecule has 1 fully saturated rings. The van der Waals surface area contributed by atoms with Crippen LogP contribution in [0.5, 0.6) is 0 Å². The van der Waals surface area contributed by atoms with Crippen LogP contribution in [0.15, 0.2) is 9.95 Å². The maximum absolute atomic E-state index is 13.4. The van der Waals surface area contributed by atoms with Gasteiger partial charge in [-0.25, -0.2) is 4.98 Å². The zero-order valence-electron chi connectivity index (χ0n) is 17.7. The Morgan fingerprint density at radius 2 is 2.00 bits per heavy atom. The number of hydrogen-bond donors (Lipinski definition) is 1. The number of aryl methyl sites for hydroxylation is 2. The summed E-state index contributed by atoms with van der Waals surface area (Å²) in [5.74, 6) is -0.0114. The molecule has 0 saturated heterocycles. The number of hydrogen-bond acceptors (Lipinski definition) is 5. The van der Waals surface area contributed by atoms with Crippen LogP contribution in [0.3, 0.4) is 0 Å². The van der Waals surface area contributed by atoms with Gasteiger partial charge in [0.15, 0.2) is 5.16 Å². The lowest BCUT2D eigenvalue weighted by Gasteiger charge is -2.26. The van der Waals surface area contributed by atoms with E-state index in [2.05, 4.69) is 12.2 Å². The maximum Gasteiger partial charge on any atom is 0.263 e. The van der Waals surface area contributed by atoms with E-state index in [0.717, 1.165) is 52.8 Å². The third-order valence-electron chi connectivity index (χ3n) is 5.89. The van der Waals surface area contributed by atoms with Crippen molar-refractivity contribution in [2.45, 2.75) is 95.6 Å². The topological polar surface area (TPSA) is 64.0 Å². The number of carbonyl (C=O) groups excluding carboxylic acids is 1. The summed E-state index contributed by atoms with van der Waals surface area (Å²) in [5, 5.41) is 4.23. The zero-order valence-corrected chi connectivity index (χ0v) is 19.4. The molecule has 1 aliphatic rings. The number of fused-ring (bicyclic) bond motifs is 1. The minimum atomic E-state index is -0.315. The number of thioether (sulfide) groups is 1. The lowest BCUT2D eigenvalue weighted by molar-refractivity contribution is -0.121. The molecule has 1 amide bonds. The van der Waals surface area contributed by atoms with Gasteiger partial charge in [0.05, 0.1) is 10.6 Å². The smallest absolute Gasteiger partial charge is 0.263 e. The first-order valence-electron chi connectivity index (χ1n) is 10.2. The first-order chi connectivity index (χ1) is 13.1. The van der Waals surface area contributed by atoms with Crippen molar-refractivity contribution in [3.8, 4) is 0 Å². The Morgan fingerprint density at radius 1 is 1.36 bits per heavy atom. The Labute approximate surface area is 175 Å². The van der Waals surface area contributed by atoms with E-state index in [1.165, 1.54) is 11.8 Å². The van der Waals surface area contributed by atoms with Crippen molar-refractivity contribution < 1.29 is 4.79 Å². The molecule has 1 saturated carbocycles. The quantitative estimate of drug-likeness (QED) is 0.528. The van der Waals surface area contributed by atoms with Crippen LogP contribution in [0, 0.1) is 13.8 Å². The molecule has 1 atom stereocenters. The van der Waals surface area contributed by atoms with Crippen LogP contribution in [0.25, 0.3) is 10.2 Å². The number of nitrogens with zero attached hydrogens (tertiary/aromatic N) is 2. The Kier molecular flexibility index (Phi) is 6.25. The fourth-order valence-corrected chi connectivity index (χ4v) is 5.64. The van der Waals surface area contributed by atoms with Gasteiger partial charge in [-0.05, 0) is 59.4 Å². The second-order valence-corrected chi connectivity index (χ2v) is 11.0. The molecule has 5 nitrogen and oxygen atoms in total. The van der Waals surface area contributed by atoms with Gasteiger partial charge in [-0.1, -0.05) is 31.5 Å². The van der Waals surface area contributed by atoms with E-state index in [1.807, 2.05) is 39.2 Å². The molecular formula is C21H31N3O2S2. The third kappa shape index (κ3) is 4.15. The monoisotopic (exact) mass is 421 g/mol. The average Bonchev–Trinajstić information content (AvgIpc) is 3.23. The molecule has 0 spiro atoms. The molecule has 0 radical (unpaired) electrons. The second-order valence-electron chi connectivity index (χ2n) is 8.46. The highest BCUT2D eigenvalue weighted by molar-refractivity contribution is 8.00. The van der Waals surface area contributed by atoms with E-state index in [-0.39, 0.29) is 28.3 Å². The molecule has 1 unspecified atom stereocenters. The SMILES string of the molecule is CCC(C)(C)NC(=O)C(C)Sc1nc2sc(C)c(C)c2c(=O)n1C1CCCC1. The summed E-state index contributed by atoms with van der Waals surface area (Å²) < 4.78 is 1.88. The molecule has 0 bridgehead atoms. The van der Waals surface area contributed by atoms with Gasteiger partial charge in [-0.15, -0.1) is 11.3 Å². The van der Waals surface area contributed by atoms with E-state index in [9.17, 15) is 9.59 Å². The highest BCUT2D eigenvalue weighted by Gasteiger charge is 2.28. The minimum Gasteiger partial charge on any atom is -0.350 e. The molecule has 2 aromatic heterocycles. The van der Waals surface area contributed by atoms with Crippen LogP contribution >= 0.6 is 23.1 Å². The Balaban J connectivity index is 2.00. The van der Waals surface area contributed by atoms with E-state index in [0.29, 0.717) is 5.16 Å². The molecule has 154 valence electrons. The van der Waals surface area contributed by atoms with Gasteiger partial charge in [-0.3, -0.25) is 14.2 Å². The fourth-order valence-electron chi connectivity index (χ4n) is 3.59. The van der Waals surface area contributed by atoms with Crippen LogP contribution in [-0.2, 0) is 4.79 Å². The van der Waals surface area contributed by atoms with E-state index in [4.69, 9.17) is 4.98 Å². The van der Waals surface area contributed by atoms with Crippen LogP contribution in [0.4, 0.5) is 0 Å². The van der Waals surface area contributed by atoms with Crippen LogP contribution in [0.1, 0.15) is 76.3 Å². The number of carbonyl (C=O) groups is 1. The number of nitrogens with one attached hydrogen (secondary N) is 1. The lowest BCUT2D eigenvalue weighted by atomic mass is 10.0. The Hall–Kier alpha value is -1.34.